The summed E-state index contributed by atoms with van der Waals surface area (Å²) in [5.41, 5.74) is -0.303. The molecule has 19 heavy (non-hydrogen) atoms. The smallest absolute Gasteiger partial charge is 0.122 e. The summed E-state index contributed by atoms with van der Waals surface area (Å²) >= 11 is 0. The fraction of sp³-hybridized carbons (Fsp3) is 0.933. The van der Waals surface area contributed by atoms with Crippen LogP contribution >= 0.6 is 0 Å². The standard InChI is InChI=1S/C15H28N4/c1-4-14-10-19(9-8-18(14)3)12-15(11-16,17-5-2)13-6-7-13/h13-14,17H,4-10,12H2,1-3H3. The first kappa shape index (κ1) is 14.8. The molecule has 0 bridgehead atoms. The minimum atomic E-state index is -0.303. The molecule has 0 radical (unpaired) electrons. The third kappa shape index (κ3) is 3.28. The Labute approximate surface area is 117 Å². The van der Waals surface area contributed by atoms with Gasteiger partial charge in [0.05, 0.1) is 6.07 Å². The molecule has 1 aliphatic heterocycles. The maximum Gasteiger partial charge on any atom is 0.122 e. The molecule has 1 saturated heterocycles. The SMILES string of the molecule is CCNC(C#N)(CN1CCN(C)C(CC)C1)C1CC1. The number of hydrogen-bond acceptors (Lipinski definition) is 4. The van der Waals surface area contributed by atoms with Crippen molar-refractivity contribution in [3.63, 3.8) is 0 Å². The van der Waals surface area contributed by atoms with Gasteiger partial charge in [-0.3, -0.25) is 10.2 Å². The van der Waals surface area contributed by atoms with Crippen LogP contribution in [-0.4, -0.2) is 61.2 Å². The molecule has 1 aliphatic carbocycles. The van der Waals surface area contributed by atoms with Gasteiger partial charge in [-0.05, 0) is 38.8 Å². The molecule has 2 fully saturated rings. The van der Waals surface area contributed by atoms with Crippen LogP contribution in [-0.2, 0) is 0 Å². The van der Waals surface area contributed by atoms with E-state index in [1.54, 1.807) is 0 Å². The third-order valence-corrected chi connectivity index (χ3v) is 4.77. The summed E-state index contributed by atoms with van der Waals surface area (Å²) in [6.45, 7) is 9.46. The lowest BCUT2D eigenvalue weighted by Crippen LogP contribution is -2.59. The second kappa shape index (κ2) is 6.21. The molecule has 0 spiro atoms. The van der Waals surface area contributed by atoms with Crippen LogP contribution in [0.1, 0.15) is 33.1 Å². The van der Waals surface area contributed by atoms with Gasteiger partial charge in [0.15, 0.2) is 0 Å². The summed E-state index contributed by atoms with van der Waals surface area (Å²) in [6, 6.07) is 3.25. The number of rotatable bonds is 6. The summed E-state index contributed by atoms with van der Waals surface area (Å²) in [7, 11) is 2.22. The fourth-order valence-electron chi connectivity index (χ4n) is 3.33. The normalized spacial score (nSPS) is 28.8. The predicted molar refractivity (Wildman–Crippen MR) is 77.9 cm³/mol. The molecule has 0 aromatic rings. The van der Waals surface area contributed by atoms with E-state index in [1.807, 2.05) is 0 Å². The molecular weight excluding hydrogens is 236 g/mol. The molecular formula is C15H28N4. The van der Waals surface area contributed by atoms with Crippen molar-refractivity contribution in [1.82, 2.24) is 15.1 Å². The molecule has 2 rings (SSSR count). The van der Waals surface area contributed by atoms with E-state index in [0.29, 0.717) is 12.0 Å². The van der Waals surface area contributed by atoms with Crippen molar-refractivity contribution in [3.05, 3.63) is 0 Å². The first-order valence-corrected chi connectivity index (χ1v) is 7.74. The zero-order valence-corrected chi connectivity index (χ0v) is 12.7. The predicted octanol–water partition coefficient (Wildman–Crippen LogP) is 1.29. The van der Waals surface area contributed by atoms with E-state index in [4.69, 9.17) is 0 Å². The number of likely N-dealkylation sites (N-methyl/N-ethyl adjacent to an activating group) is 2. The Bertz CT molecular complexity index is 334. The van der Waals surface area contributed by atoms with Gasteiger partial charge < -0.3 is 4.90 Å². The van der Waals surface area contributed by atoms with Crippen molar-refractivity contribution >= 4 is 0 Å². The van der Waals surface area contributed by atoms with Crippen LogP contribution in [0.15, 0.2) is 0 Å². The minimum Gasteiger partial charge on any atom is -0.301 e. The molecule has 0 amide bonds. The molecule has 0 aromatic heterocycles. The van der Waals surface area contributed by atoms with Crippen molar-refractivity contribution in [3.8, 4) is 6.07 Å². The zero-order valence-electron chi connectivity index (χ0n) is 12.7. The second-order valence-corrected chi connectivity index (χ2v) is 6.17. The van der Waals surface area contributed by atoms with Gasteiger partial charge in [-0.15, -0.1) is 0 Å². The maximum atomic E-state index is 9.67. The summed E-state index contributed by atoms with van der Waals surface area (Å²) in [4.78, 5) is 4.95. The highest BCUT2D eigenvalue weighted by atomic mass is 15.3. The first-order valence-electron chi connectivity index (χ1n) is 7.74. The van der Waals surface area contributed by atoms with Gasteiger partial charge in [0.2, 0.25) is 0 Å². The van der Waals surface area contributed by atoms with Gasteiger partial charge in [-0.1, -0.05) is 13.8 Å². The highest BCUT2D eigenvalue weighted by molar-refractivity contribution is 5.16. The summed E-state index contributed by atoms with van der Waals surface area (Å²) in [6.07, 6.45) is 3.62. The van der Waals surface area contributed by atoms with Crippen molar-refractivity contribution < 1.29 is 0 Å². The molecule has 1 saturated carbocycles. The van der Waals surface area contributed by atoms with Crippen LogP contribution in [0.25, 0.3) is 0 Å². The Morgan fingerprint density at radius 1 is 1.32 bits per heavy atom. The molecule has 2 aliphatic rings. The third-order valence-electron chi connectivity index (χ3n) is 4.77. The van der Waals surface area contributed by atoms with Crippen molar-refractivity contribution in [1.29, 1.82) is 5.26 Å². The molecule has 4 heteroatoms. The van der Waals surface area contributed by atoms with Gasteiger partial charge in [-0.25, -0.2) is 0 Å². The lowest BCUT2D eigenvalue weighted by Gasteiger charge is -2.42. The quantitative estimate of drug-likeness (QED) is 0.785. The second-order valence-electron chi connectivity index (χ2n) is 6.17. The Kier molecular flexibility index (Phi) is 4.83. The average molecular weight is 264 g/mol. The van der Waals surface area contributed by atoms with E-state index >= 15 is 0 Å². The summed E-state index contributed by atoms with van der Waals surface area (Å²) < 4.78 is 0. The van der Waals surface area contributed by atoms with Gasteiger partial charge in [-0.2, -0.15) is 5.26 Å². The Balaban J connectivity index is 1.99. The van der Waals surface area contributed by atoms with Crippen molar-refractivity contribution in [2.75, 3.05) is 39.8 Å². The zero-order chi connectivity index (χ0) is 13.9. The van der Waals surface area contributed by atoms with E-state index in [9.17, 15) is 5.26 Å². The van der Waals surface area contributed by atoms with Gasteiger partial charge in [0, 0.05) is 32.2 Å². The van der Waals surface area contributed by atoms with Gasteiger partial charge in [0.25, 0.3) is 0 Å². The van der Waals surface area contributed by atoms with Crippen LogP contribution in [0.4, 0.5) is 0 Å². The fourth-order valence-corrected chi connectivity index (χ4v) is 3.33. The summed E-state index contributed by atoms with van der Waals surface area (Å²) in [5.74, 6) is 0.567. The van der Waals surface area contributed by atoms with Crippen molar-refractivity contribution in [2.24, 2.45) is 5.92 Å². The van der Waals surface area contributed by atoms with E-state index in [0.717, 1.165) is 32.7 Å². The van der Waals surface area contributed by atoms with Crippen LogP contribution < -0.4 is 5.32 Å². The van der Waals surface area contributed by atoms with E-state index < -0.39 is 0 Å². The topological polar surface area (TPSA) is 42.3 Å². The number of nitrogens with one attached hydrogen (secondary N) is 1. The van der Waals surface area contributed by atoms with Crippen molar-refractivity contribution in [2.45, 2.75) is 44.7 Å². The highest BCUT2D eigenvalue weighted by Crippen LogP contribution is 2.40. The minimum absolute atomic E-state index is 0.303. The van der Waals surface area contributed by atoms with E-state index in [-0.39, 0.29) is 5.54 Å². The van der Waals surface area contributed by atoms with Crippen LogP contribution in [0.5, 0.6) is 0 Å². The number of piperazine rings is 1. The first-order chi connectivity index (χ1) is 9.15. The van der Waals surface area contributed by atoms with E-state index in [2.05, 4.69) is 42.1 Å². The van der Waals surface area contributed by atoms with Crippen LogP contribution in [0.2, 0.25) is 0 Å². The Morgan fingerprint density at radius 3 is 2.58 bits per heavy atom. The Hall–Kier alpha value is -0.630. The lowest BCUT2D eigenvalue weighted by atomic mass is 9.93. The van der Waals surface area contributed by atoms with Crippen LogP contribution in [0.3, 0.4) is 0 Å². The molecule has 108 valence electrons. The van der Waals surface area contributed by atoms with Gasteiger partial charge in [0.1, 0.15) is 5.54 Å². The molecule has 1 N–H and O–H groups in total. The van der Waals surface area contributed by atoms with Crippen LogP contribution in [0, 0.1) is 17.2 Å². The number of hydrogen-bond donors (Lipinski definition) is 1. The summed E-state index contributed by atoms with van der Waals surface area (Å²) in [5, 5.41) is 13.2. The van der Waals surface area contributed by atoms with Gasteiger partial charge >= 0.3 is 0 Å². The average Bonchev–Trinajstić information content (AvgIpc) is 3.25. The molecule has 4 nitrogen and oxygen atoms in total. The molecule has 2 unspecified atom stereocenters. The Morgan fingerprint density at radius 2 is 2.05 bits per heavy atom. The maximum absolute atomic E-state index is 9.67. The largest absolute Gasteiger partial charge is 0.301 e. The van der Waals surface area contributed by atoms with E-state index in [1.165, 1.54) is 19.3 Å². The molecule has 2 atom stereocenters. The lowest BCUT2D eigenvalue weighted by molar-refractivity contribution is 0.0745. The highest BCUT2D eigenvalue weighted by Gasteiger charge is 2.46. The monoisotopic (exact) mass is 264 g/mol. The number of nitrogens with zero attached hydrogens (tertiary/aromatic N) is 3. The number of nitriles is 1. The molecule has 0 aromatic carbocycles. The molecule has 1 heterocycles.